The Labute approximate surface area is 226 Å². The average Bonchev–Trinajstić information content (AvgIpc) is 3.33. The Morgan fingerprint density at radius 2 is 1.82 bits per heavy atom. The molecular formula is C28H30N4O5S. The van der Waals surface area contributed by atoms with Gasteiger partial charge in [-0.1, -0.05) is 42.5 Å². The number of hydrogen-bond donors (Lipinski definition) is 3. The highest BCUT2D eigenvalue weighted by Crippen LogP contribution is 2.33. The first-order chi connectivity index (χ1) is 18.5. The minimum absolute atomic E-state index is 0.272. The smallest absolute Gasteiger partial charge is 0.414 e. The molecule has 2 aliphatic rings. The average molecular weight is 535 g/mol. The Morgan fingerprint density at radius 1 is 1.05 bits per heavy atom. The van der Waals surface area contributed by atoms with Crippen molar-refractivity contribution in [3.8, 4) is 11.5 Å². The normalized spacial score (nSPS) is 15.9. The van der Waals surface area contributed by atoms with Gasteiger partial charge in [0.1, 0.15) is 5.60 Å². The Kier molecular flexibility index (Phi) is 7.52. The number of amides is 1. The number of nitrogens with one attached hydrogen (secondary N) is 3. The van der Waals surface area contributed by atoms with Crippen LogP contribution in [0.2, 0.25) is 0 Å². The number of rotatable bonds is 6. The molecule has 0 radical (unpaired) electrons. The molecule has 0 unspecified atom stereocenters. The highest BCUT2D eigenvalue weighted by Gasteiger charge is 2.40. The summed E-state index contributed by atoms with van der Waals surface area (Å²) in [5.74, 6) is 1.49. The molecule has 0 atom stereocenters. The number of anilines is 1. The number of nitrogens with zero attached hydrogens (tertiary/aromatic N) is 1. The molecule has 5 rings (SSSR count). The van der Waals surface area contributed by atoms with E-state index in [1.165, 1.54) is 0 Å². The highest BCUT2D eigenvalue weighted by atomic mass is 32.1. The van der Waals surface area contributed by atoms with Gasteiger partial charge in [-0.2, -0.15) is 0 Å². The van der Waals surface area contributed by atoms with Crippen molar-refractivity contribution < 1.29 is 23.8 Å². The molecule has 3 aromatic carbocycles. The fourth-order valence-electron chi connectivity index (χ4n) is 4.66. The maximum absolute atomic E-state index is 12.4. The predicted octanol–water partition coefficient (Wildman–Crippen LogP) is 4.69. The van der Waals surface area contributed by atoms with Gasteiger partial charge in [0.2, 0.25) is 5.88 Å². The van der Waals surface area contributed by atoms with Gasteiger partial charge in [0.25, 0.3) is 0 Å². The lowest BCUT2D eigenvalue weighted by Gasteiger charge is -2.37. The summed E-state index contributed by atoms with van der Waals surface area (Å²) < 4.78 is 16.0. The maximum Gasteiger partial charge on any atom is 0.414 e. The van der Waals surface area contributed by atoms with Crippen molar-refractivity contribution in [3.63, 3.8) is 0 Å². The van der Waals surface area contributed by atoms with Crippen LogP contribution in [0.5, 0.6) is 11.5 Å². The molecule has 0 aromatic heterocycles. The number of carbonyl (C=O) groups excluding carboxylic acids is 1. The van der Waals surface area contributed by atoms with E-state index in [1.54, 1.807) is 26.4 Å². The third-order valence-corrected chi connectivity index (χ3v) is 7.12. The van der Waals surface area contributed by atoms with Crippen molar-refractivity contribution in [3.05, 3.63) is 78.2 Å². The van der Waals surface area contributed by atoms with Crippen LogP contribution in [-0.4, -0.2) is 49.0 Å². The van der Waals surface area contributed by atoms with Crippen molar-refractivity contribution >= 4 is 39.9 Å². The quantitative estimate of drug-likeness (QED) is 0.390. The van der Waals surface area contributed by atoms with Gasteiger partial charge in [-0.05, 0) is 41.4 Å². The maximum atomic E-state index is 12.4. The van der Waals surface area contributed by atoms with Gasteiger partial charge in [-0.3, -0.25) is 4.84 Å². The zero-order valence-corrected chi connectivity index (χ0v) is 22.1. The van der Waals surface area contributed by atoms with Crippen molar-refractivity contribution in [2.75, 3.05) is 32.6 Å². The van der Waals surface area contributed by atoms with E-state index in [4.69, 9.17) is 31.3 Å². The van der Waals surface area contributed by atoms with Crippen LogP contribution in [-0.2, 0) is 16.1 Å². The van der Waals surface area contributed by atoms with E-state index in [1.807, 2.05) is 36.4 Å². The molecule has 3 N–H and O–H groups in total. The molecule has 2 aliphatic heterocycles. The Bertz CT molecular complexity index is 1370. The number of carbonyl (C=O) groups is 1. The van der Waals surface area contributed by atoms with Crippen molar-refractivity contribution in [2.45, 2.75) is 25.0 Å². The fourth-order valence-corrected chi connectivity index (χ4v) is 4.96. The Morgan fingerprint density at radius 3 is 2.61 bits per heavy atom. The van der Waals surface area contributed by atoms with E-state index in [9.17, 15) is 4.79 Å². The third-order valence-electron chi connectivity index (χ3n) is 6.76. The topological polar surface area (TPSA) is 93.3 Å². The van der Waals surface area contributed by atoms with E-state index in [-0.39, 0.29) is 12.4 Å². The first-order valence-electron chi connectivity index (χ1n) is 12.4. The van der Waals surface area contributed by atoms with Crippen LogP contribution in [0.4, 0.5) is 10.5 Å². The lowest BCUT2D eigenvalue weighted by Crippen LogP contribution is -2.48. The van der Waals surface area contributed by atoms with Gasteiger partial charge >= 0.3 is 6.09 Å². The van der Waals surface area contributed by atoms with Crippen molar-refractivity contribution in [1.82, 2.24) is 15.7 Å². The molecule has 1 saturated heterocycles. The zero-order valence-electron chi connectivity index (χ0n) is 21.3. The SMILES string of the molecule is COc1ccc(CNC(=O)OC2=CC3(CCN(C(=S)Nc4cccc5ccccc45)CC3)ON2)cc1OC. The molecule has 10 heteroatoms. The van der Waals surface area contributed by atoms with Crippen LogP contribution < -0.4 is 25.6 Å². The van der Waals surface area contributed by atoms with Gasteiger partial charge in [-0.25, -0.2) is 10.3 Å². The summed E-state index contributed by atoms with van der Waals surface area (Å²) in [5, 5.41) is 9.11. The van der Waals surface area contributed by atoms with Crippen molar-refractivity contribution in [1.29, 1.82) is 0 Å². The van der Waals surface area contributed by atoms with E-state index in [0.29, 0.717) is 42.5 Å². The second kappa shape index (κ2) is 11.2. The number of thiocarbonyl (C=S) groups is 1. The van der Waals surface area contributed by atoms with Gasteiger partial charge in [0.15, 0.2) is 16.6 Å². The molecule has 1 spiro atoms. The molecule has 0 aliphatic carbocycles. The number of hydroxylamine groups is 1. The van der Waals surface area contributed by atoms with Crippen LogP contribution in [0, 0.1) is 0 Å². The first kappa shape index (κ1) is 25.6. The number of hydrogen-bond acceptors (Lipinski definition) is 7. The second-order valence-electron chi connectivity index (χ2n) is 9.15. The molecule has 2 heterocycles. The van der Waals surface area contributed by atoms with Gasteiger partial charge in [0.05, 0.1) is 14.2 Å². The molecule has 198 valence electrons. The van der Waals surface area contributed by atoms with Crippen molar-refractivity contribution in [2.24, 2.45) is 0 Å². The summed E-state index contributed by atoms with van der Waals surface area (Å²) in [6.45, 7) is 1.68. The lowest BCUT2D eigenvalue weighted by atomic mass is 9.92. The van der Waals surface area contributed by atoms with E-state index in [2.05, 4.69) is 39.2 Å². The third kappa shape index (κ3) is 5.61. The van der Waals surface area contributed by atoms with Crippen LogP contribution >= 0.6 is 12.2 Å². The van der Waals surface area contributed by atoms with E-state index < -0.39 is 11.7 Å². The first-order valence-corrected chi connectivity index (χ1v) is 12.8. The second-order valence-corrected chi connectivity index (χ2v) is 9.54. The van der Waals surface area contributed by atoms with Crippen LogP contribution in [0.1, 0.15) is 18.4 Å². The minimum Gasteiger partial charge on any atom is -0.493 e. The van der Waals surface area contributed by atoms with E-state index in [0.717, 1.165) is 22.0 Å². The van der Waals surface area contributed by atoms with E-state index >= 15 is 0 Å². The Balaban J connectivity index is 1.12. The molecule has 0 saturated carbocycles. The molecular weight excluding hydrogens is 504 g/mol. The summed E-state index contributed by atoms with van der Waals surface area (Å²) >= 11 is 5.71. The van der Waals surface area contributed by atoms with Crippen LogP contribution in [0.25, 0.3) is 10.8 Å². The highest BCUT2D eigenvalue weighted by molar-refractivity contribution is 7.80. The summed E-state index contributed by atoms with van der Waals surface area (Å²) in [6, 6.07) is 19.8. The Hall–Kier alpha value is -4.02. The zero-order chi connectivity index (χ0) is 26.5. The number of likely N-dealkylation sites (tertiary alicyclic amines) is 1. The molecule has 38 heavy (non-hydrogen) atoms. The summed E-state index contributed by atoms with van der Waals surface area (Å²) in [7, 11) is 3.14. The lowest BCUT2D eigenvalue weighted by molar-refractivity contribution is -0.0739. The molecule has 9 nitrogen and oxygen atoms in total. The predicted molar refractivity (Wildman–Crippen MR) is 149 cm³/mol. The van der Waals surface area contributed by atoms with Crippen LogP contribution in [0.3, 0.4) is 0 Å². The number of piperidine rings is 1. The molecule has 3 aromatic rings. The number of methoxy groups -OCH3 is 2. The van der Waals surface area contributed by atoms with Gasteiger partial charge in [-0.15, -0.1) is 0 Å². The number of alkyl carbamates (subject to hydrolysis) is 1. The molecule has 1 amide bonds. The summed E-state index contributed by atoms with van der Waals surface area (Å²) in [6.07, 6.45) is 2.63. The summed E-state index contributed by atoms with van der Waals surface area (Å²) in [4.78, 5) is 20.4. The standard InChI is InChI=1S/C28H30N4O5S/c1-34-23-11-10-19(16-24(23)35-2)18-29-27(33)36-25-17-28(37-31-25)12-14-32(15-13-28)26(38)30-22-9-5-7-20-6-3-4-8-21(20)22/h3-11,16-17,31H,12-15,18H2,1-2H3,(H,29,33)(H,30,38). The monoisotopic (exact) mass is 534 g/mol. The fraction of sp³-hybridized carbons (Fsp3) is 0.286. The number of benzene rings is 3. The van der Waals surface area contributed by atoms with Gasteiger partial charge < -0.3 is 29.7 Å². The minimum atomic E-state index is -0.586. The molecule has 1 fully saturated rings. The summed E-state index contributed by atoms with van der Waals surface area (Å²) in [5.41, 5.74) is 4.04. The largest absolute Gasteiger partial charge is 0.493 e. The van der Waals surface area contributed by atoms with Crippen LogP contribution in [0.15, 0.2) is 72.6 Å². The number of ether oxygens (including phenoxy) is 3. The van der Waals surface area contributed by atoms with Gasteiger partial charge in [0, 0.05) is 49.6 Å². The number of fused-ring (bicyclic) bond motifs is 1. The molecule has 0 bridgehead atoms.